The van der Waals surface area contributed by atoms with Gasteiger partial charge >= 0.3 is 0 Å². The SMILES string of the molecule is O=C(CCN1Cc2ccccc2C(c2ccccc2)C1)N1CCCCC1. The number of amides is 1. The molecule has 1 atom stereocenters. The quantitative estimate of drug-likeness (QED) is 0.833. The van der Waals surface area contributed by atoms with Crippen LogP contribution in [0.4, 0.5) is 0 Å². The lowest BCUT2D eigenvalue weighted by molar-refractivity contribution is -0.132. The Morgan fingerprint density at radius 1 is 0.923 bits per heavy atom. The lowest BCUT2D eigenvalue weighted by Gasteiger charge is -2.35. The predicted molar refractivity (Wildman–Crippen MR) is 105 cm³/mol. The first-order chi connectivity index (χ1) is 12.8. The van der Waals surface area contributed by atoms with Crippen LogP contribution in [-0.4, -0.2) is 41.9 Å². The summed E-state index contributed by atoms with van der Waals surface area (Å²) in [4.78, 5) is 17.1. The molecule has 1 unspecified atom stereocenters. The van der Waals surface area contributed by atoms with Crippen molar-refractivity contribution >= 4 is 5.91 Å². The molecule has 2 aromatic rings. The minimum absolute atomic E-state index is 0.333. The van der Waals surface area contributed by atoms with Crippen LogP contribution in [0.25, 0.3) is 0 Å². The van der Waals surface area contributed by atoms with Crippen molar-refractivity contribution in [2.75, 3.05) is 26.2 Å². The van der Waals surface area contributed by atoms with Crippen LogP contribution in [0.5, 0.6) is 0 Å². The molecular formula is C23H28N2O. The van der Waals surface area contributed by atoms with Crippen molar-refractivity contribution in [3.8, 4) is 0 Å². The fraction of sp³-hybridized carbons (Fsp3) is 0.435. The van der Waals surface area contributed by atoms with E-state index in [1.165, 1.54) is 36.0 Å². The van der Waals surface area contributed by atoms with E-state index >= 15 is 0 Å². The van der Waals surface area contributed by atoms with Crippen LogP contribution in [0.15, 0.2) is 54.6 Å². The van der Waals surface area contributed by atoms with Crippen molar-refractivity contribution in [1.29, 1.82) is 0 Å². The number of carbonyl (C=O) groups excluding carboxylic acids is 1. The largest absolute Gasteiger partial charge is 0.343 e. The Kier molecular flexibility index (Phi) is 5.35. The molecule has 0 aromatic heterocycles. The first-order valence-electron chi connectivity index (χ1n) is 9.94. The molecule has 0 aliphatic carbocycles. The van der Waals surface area contributed by atoms with E-state index in [1.54, 1.807) is 0 Å². The predicted octanol–water partition coefficient (Wildman–Crippen LogP) is 4.04. The molecule has 4 rings (SSSR count). The molecule has 26 heavy (non-hydrogen) atoms. The summed E-state index contributed by atoms with van der Waals surface area (Å²) in [7, 11) is 0. The first kappa shape index (κ1) is 17.3. The molecule has 0 saturated carbocycles. The maximum absolute atomic E-state index is 12.5. The van der Waals surface area contributed by atoms with Gasteiger partial charge in [-0.2, -0.15) is 0 Å². The standard InChI is InChI=1S/C23H28N2O/c26-23(25-14-7-2-8-15-25)13-16-24-17-20-11-5-6-12-21(20)22(18-24)19-9-3-1-4-10-19/h1,3-6,9-12,22H,2,7-8,13-18H2. The molecule has 1 saturated heterocycles. The van der Waals surface area contributed by atoms with Gasteiger partial charge in [-0.1, -0.05) is 54.6 Å². The van der Waals surface area contributed by atoms with Crippen LogP contribution in [-0.2, 0) is 11.3 Å². The third-order valence-corrected chi connectivity index (χ3v) is 5.82. The molecular weight excluding hydrogens is 320 g/mol. The average Bonchev–Trinajstić information content (AvgIpc) is 2.72. The lowest BCUT2D eigenvalue weighted by atomic mass is 9.84. The van der Waals surface area contributed by atoms with Gasteiger partial charge < -0.3 is 4.90 Å². The Morgan fingerprint density at radius 2 is 1.65 bits per heavy atom. The molecule has 3 heteroatoms. The normalized spacial score (nSPS) is 20.6. The van der Waals surface area contributed by atoms with Gasteiger partial charge in [0.15, 0.2) is 0 Å². The smallest absolute Gasteiger partial charge is 0.223 e. The maximum atomic E-state index is 12.5. The van der Waals surface area contributed by atoms with Crippen molar-refractivity contribution < 1.29 is 4.79 Å². The van der Waals surface area contributed by atoms with Crippen molar-refractivity contribution in [3.05, 3.63) is 71.3 Å². The number of hydrogen-bond acceptors (Lipinski definition) is 2. The number of piperidine rings is 1. The highest BCUT2D eigenvalue weighted by molar-refractivity contribution is 5.76. The van der Waals surface area contributed by atoms with E-state index < -0.39 is 0 Å². The second-order valence-corrected chi connectivity index (χ2v) is 7.59. The van der Waals surface area contributed by atoms with Crippen LogP contribution in [0, 0.1) is 0 Å². The molecule has 2 heterocycles. The zero-order valence-electron chi connectivity index (χ0n) is 15.4. The summed E-state index contributed by atoms with van der Waals surface area (Å²) in [5, 5.41) is 0. The molecule has 0 bridgehead atoms. The number of carbonyl (C=O) groups is 1. The summed E-state index contributed by atoms with van der Waals surface area (Å²) in [6, 6.07) is 19.6. The molecule has 0 N–H and O–H groups in total. The molecule has 136 valence electrons. The summed E-state index contributed by atoms with van der Waals surface area (Å²) in [5.41, 5.74) is 4.21. The van der Waals surface area contributed by atoms with Gasteiger partial charge in [-0.3, -0.25) is 9.69 Å². The molecule has 3 nitrogen and oxygen atoms in total. The number of likely N-dealkylation sites (tertiary alicyclic amines) is 1. The Labute approximate surface area is 156 Å². The summed E-state index contributed by atoms with van der Waals surface area (Å²) >= 11 is 0. The molecule has 0 radical (unpaired) electrons. The minimum atomic E-state index is 0.333. The second-order valence-electron chi connectivity index (χ2n) is 7.59. The van der Waals surface area contributed by atoms with Crippen LogP contribution < -0.4 is 0 Å². The number of fused-ring (bicyclic) bond motifs is 1. The summed E-state index contributed by atoms with van der Waals surface area (Å²) in [6.07, 6.45) is 4.24. The van der Waals surface area contributed by atoms with E-state index in [4.69, 9.17) is 0 Å². The van der Waals surface area contributed by atoms with Crippen molar-refractivity contribution in [2.45, 2.75) is 38.1 Å². The first-order valence-corrected chi connectivity index (χ1v) is 9.94. The van der Waals surface area contributed by atoms with Gasteiger partial charge in [0, 0.05) is 45.1 Å². The third kappa shape index (κ3) is 3.83. The molecule has 2 aliphatic heterocycles. The topological polar surface area (TPSA) is 23.6 Å². The summed E-state index contributed by atoms with van der Waals surface area (Å²) in [6.45, 7) is 4.71. The molecule has 1 fully saturated rings. The highest BCUT2D eigenvalue weighted by Crippen LogP contribution is 2.33. The van der Waals surface area contributed by atoms with Crippen molar-refractivity contribution in [1.82, 2.24) is 9.80 Å². The van der Waals surface area contributed by atoms with Crippen LogP contribution in [0.2, 0.25) is 0 Å². The van der Waals surface area contributed by atoms with Gasteiger partial charge in [-0.05, 0) is 36.0 Å². The second kappa shape index (κ2) is 8.05. The Morgan fingerprint density at radius 3 is 2.46 bits per heavy atom. The average molecular weight is 348 g/mol. The van der Waals surface area contributed by atoms with Crippen molar-refractivity contribution in [3.63, 3.8) is 0 Å². The Balaban J connectivity index is 1.46. The Bertz CT molecular complexity index is 737. The number of hydrogen-bond donors (Lipinski definition) is 0. The van der Waals surface area contributed by atoms with Crippen LogP contribution >= 0.6 is 0 Å². The van der Waals surface area contributed by atoms with Gasteiger partial charge in [-0.15, -0.1) is 0 Å². The molecule has 2 aliphatic rings. The van der Waals surface area contributed by atoms with E-state index in [0.717, 1.165) is 32.7 Å². The fourth-order valence-electron chi connectivity index (χ4n) is 4.38. The number of benzene rings is 2. The highest BCUT2D eigenvalue weighted by Gasteiger charge is 2.27. The number of rotatable bonds is 4. The van der Waals surface area contributed by atoms with Crippen molar-refractivity contribution in [2.24, 2.45) is 0 Å². The lowest BCUT2D eigenvalue weighted by Crippen LogP contribution is -2.40. The van der Waals surface area contributed by atoms with E-state index in [9.17, 15) is 4.79 Å². The third-order valence-electron chi connectivity index (χ3n) is 5.82. The van der Waals surface area contributed by atoms with Gasteiger partial charge in [-0.25, -0.2) is 0 Å². The molecule has 1 amide bonds. The monoisotopic (exact) mass is 348 g/mol. The van der Waals surface area contributed by atoms with E-state index in [-0.39, 0.29) is 0 Å². The molecule has 0 spiro atoms. The summed E-state index contributed by atoms with van der Waals surface area (Å²) < 4.78 is 0. The van der Waals surface area contributed by atoms with Gasteiger partial charge in [0.2, 0.25) is 5.91 Å². The minimum Gasteiger partial charge on any atom is -0.343 e. The zero-order chi connectivity index (χ0) is 17.8. The van der Waals surface area contributed by atoms with Gasteiger partial charge in [0.05, 0.1) is 0 Å². The van der Waals surface area contributed by atoms with Crippen LogP contribution in [0.1, 0.15) is 48.3 Å². The van der Waals surface area contributed by atoms with E-state index in [2.05, 4.69) is 64.4 Å². The zero-order valence-corrected chi connectivity index (χ0v) is 15.4. The fourth-order valence-corrected chi connectivity index (χ4v) is 4.38. The summed E-state index contributed by atoms with van der Waals surface area (Å²) in [5.74, 6) is 0.728. The number of nitrogens with zero attached hydrogens (tertiary/aromatic N) is 2. The van der Waals surface area contributed by atoms with E-state index in [0.29, 0.717) is 18.2 Å². The molecule has 2 aromatic carbocycles. The Hall–Kier alpha value is -2.13. The van der Waals surface area contributed by atoms with Gasteiger partial charge in [0.25, 0.3) is 0 Å². The maximum Gasteiger partial charge on any atom is 0.223 e. The highest BCUT2D eigenvalue weighted by atomic mass is 16.2. The van der Waals surface area contributed by atoms with E-state index in [1.807, 2.05) is 0 Å². The van der Waals surface area contributed by atoms with Gasteiger partial charge in [0.1, 0.15) is 0 Å². The van der Waals surface area contributed by atoms with Crippen LogP contribution in [0.3, 0.4) is 0 Å².